The molecule has 3 nitrogen and oxygen atoms in total. The lowest BCUT2D eigenvalue weighted by Crippen LogP contribution is -2.36. The number of methoxy groups -OCH3 is 1. The van der Waals surface area contributed by atoms with E-state index in [0.717, 1.165) is 31.7 Å². The molecule has 0 saturated carbocycles. The van der Waals surface area contributed by atoms with Gasteiger partial charge in [0.1, 0.15) is 5.75 Å². The van der Waals surface area contributed by atoms with Gasteiger partial charge in [-0.3, -0.25) is 0 Å². The highest BCUT2D eigenvalue weighted by molar-refractivity contribution is 5.29. The van der Waals surface area contributed by atoms with Gasteiger partial charge in [0.2, 0.25) is 0 Å². The fourth-order valence-electron chi connectivity index (χ4n) is 2.60. The van der Waals surface area contributed by atoms with Gasteiger partial charge in [-0.2, -0.15) is 0 Å². The van der Waals surface area contributed by atoms with Gasteiger partial charge < -0.3 is 14.8 Å². The summed E-state index contributed by atoms with van der Waals surface area (Å²) >= 11 is 0. The normalized spacial score (nSPS) is 21.1. The Morgan fingerprint density at radius 3 is 2.68 bits per heavy atom. The van der Waals surface area contributed by atoms with Crippen LogP contribution in [0.25, 0.3) is 0 Å². The average molecular weight is 263 g/mol. The summed E-state index contributed by atoms with van der Waals surface area (Å²) in [6, 6.07) is 8.64. The maximum absolute atomic E-state index is 5.95. The van der Waals surface area contributed by atoms with Gasteiger partial charge in [0.25, 0.3) is 0 Å². The van der Waals surface area contributed by atoms with Crippen LogP contribution in [0.2, 0.25) is 0 Å². The zero-order valence-electron chi connectivity index (χ0n) is 12.0. The van der Waals surface area contributed by atoms with Crippen LogP contribution in [0, 0.1) is 0 Å². The molecule has 3 heteroatoms. The van der Waals surface area contributed by atoms with E-state index in [0.29, 0.717) is 12.1 Å². The number of hydrogen-bond donors (Lipinski definition) is 1. The molecule has 1 heterocycles. The fraction of sp³-hybridized carbons (Fsp3) is 0.625. The van der Waals surface area contributed by atoms with Gasteiger partial charge in [0.05, 0.1) is 19.3 Å². The number of nitrogens with one attached hydrogen (secondary N) is 1. The second-order valence-electron chi connectivity index (χ2n) is 5.11. The molecule has 0 radical (unpaired) electrons. The van der Waals surface area contributed by atoms with Crippen LogP contribution in [-0.2, 0) is 4.74 Å². The Hall–Kier alpha value is -1.06. The highest BCUT2D eigenvalue weighted by atomic mass is 16.5. The standard InChI is InChI=1S/C16H25NO2/c1-3-11-17-16(15-6-4-5-12-19-15)13-7-9-14(18-2)10-8-13/h7-10,15-17H,3-6,11-12H2,1-2H3. The third kappa shape index (κ3) is 3.95. The quantitative estimate of drug-likeness (QED) is 0.854. The van der Waals surface area contributed by atoms with Crippen molar-refractivity contribution >= 4 is 0 Å². The molecule has 0 aromatic heterocycles. The van der Waals surface area contributed by atoms with E-state index in [2.05, 4.69) is 24.4 Å². The Morgan fingerprint density at radius 2 is 2.11 bits per heavy atom. The van der Waals surface area contributed by atoms with Crippen LogP contribution in [0.5, 0.6) is 5.75 Å². The van der Waals surface area contributed by atoms with Gasteiger partial charge in [-0.15, -0.1) is 0 Å². The summed E-state index contributed by atoms with van der Waals surface area (Å²) in [5.74, 6) is 0.905. The van der Waals surface area contributed by atoms with Crippen LogP contribution < -0.4 is 10.1 Å². The number of benzene rings is 1. The minimum atomic E-state index is 0.297. The van der Waals surface area contributed by atoms with Gasteiger partial charge in [-0.05, 0) is 49.9 Å². The van der Waals surface area contributed by atoms with Crippen molar-refractivity contribution in [3.8, 4) is 5.75 Å². The van der Waals surface area contributed by atoms with Gasteiger partial charge in [0.15, 0.2) is 0 Å². The predicted octanol–water partition coefficient (Wildman–Crippen LogP) is 3.31. The van der Waals surface area contributed by atoms with Gasteiger partial charge in [0, 0.05) is 6.61 Å². The molecule has 1 aliphatic rings. The molecule has 1 saturated heterocycles. The second-order valence-corrected chi connectivity index (χ2v) is 5.11. The molecule has 2 atom stereocenters. The van der Waals surface area contributed by atoms with E-state index in [9.17, 15) is 0 Å². The Labute approximate surface area is 116 Å². The molecule has 0 amide bonds. The van der Waals surface area contributed by atoms with Crippen molar-refractivity contribution in [2.75, 3.05) is 20.3 Å². The van der Waals surface area contributed by atoms with Crippen LogP contribution in [0.4, 0.5) is 0 Å². The third-order valence-corrected chi connectivity index (χ3v) is 3.68. The van der Waals surface area contributed by atoms with Gasteiger partial charge >= 0.3 is 0 Å². The first-order chi connectivity index (χ1) is 9.35. The highest BCUT2D eigenvalue weighted by Gasteiger charge is 2.25. The third-order valence-electron chi connectivity index (χ3n) is 3.68. The lowest BCUT2D eigenvalue weighted by molar-refractivity contribution is -0.00816. The Morgan fingerprint density at radius 1 is 1.32 bits per heavy atom. The summed E-state index contributed by atoms with van der Waals surface area (Å²) in [4.78, 5) is 0. The summed E-state index contributed by atoms with van der Waals surface area (Å²) in [5.41, 5.74) is 1.29. The molecule has 1 aromatic carbocycles. The van der Waals surface area contributed by atoms with E-state index < -0.39 is 0 Å². The Balaban J connectivity index is 2.10. The maximum Gasteiger partial charge on any atom is 0.118 e. The van der Waals surface area contributed by atoms with Crippen molar-refractivity contribution in [3.63, 3.8) is 0 Å². The largest absolute Gasteiger partial charge is 0.497 e. The van der Waals surface area contributed by atoms with Crippen molar-refractivity contribution in [1.82, 2.24) is 5.32 Å². The van der Waals surface area contributed by atoms with Crippen molar-refractivity contribution in [2.45, 2.75) is 44.8 Å². The van der Waals surface area contributed by atoms with Crippen LogP contribution in [0.1, 0.15) is 44.2 Å². The Bertz CT molecular complexity index is 358. The van der Waals surface area contributed by atoms with E-state index in [-0.39, 0.29) is 0 Å². The number of hydrogen-bond acceptors (Lipinski definition) is 3. The van der Waals surface area contributed by atoms with Crippen molar-refractivity contribution in [2.24, 2.45) is 0 Å². The van der Waals surface area contributed by atoms with Crippen LogP contribution in [0.15, 0.2) is 24.3 Å². The van der Waals surface area contributed by atoms with Crippen LogP contribution >= 0.6 is 0 Å². The van der Waals surface area contributed by atoms with E-state index >= 15 is 0 Å². The molecular weight excluding hydrogens is 238 g/mol. The number of ether oxygens (including phenoxy) is 2. The molecule has 2 rings (SSSR count). The molecular formula is C16H25NO2. The summed E-state index contributed by atoms with van der Waals surface area (Å²) < 4.78 is 11.2. The lowest BCUT2D eigenvalue weighted by atomic mass is 9.95. The maximum atomic E-state index is 5.95. The van der Waals surface area contributed by atoms with Crippen LogP contribution in [0.3, 0.4) is 0 Å². The lowest BCUT2D eigenvalue weighted by Gasteiger charge is -2.31. The smallest absolute Gasteiger partial charge is 0.118 e. The van der Waals surface area contributed by atoms with Crippen molar-refractivity contribution < 1.29 is 9.47 Å². The zero-order valence-corrected chi connectivity index (χ0v) is 12.0. The monoisotopic (exact) mass is 263 g/mol. The highest BCUT2D eigenvalue weighted by Crippen LogP contribution is 2.27. The molecule has 0 spiro atoms. The second kappa shape index (κ2) is 7.51. The van der Waals surface area contributed by atoms with E-state index in [4.69, 9.17) is 9.47 Å². The van der Waals surface area contributed by atoms with E-state index in [1.54, 1.807) is 7.11 Å². The fourth-order valence-corrected chi connectivity index (χ4v) is 2.60. The molecule has 106 valence electrons. The van der Waals surface area contributed by atoms with Gasteiger partial charge in [-0.1, -0.05) is 19.1 Å². The molecule has 2 unspecified atom stereocenters. The van der Waals surface area contributed by atoms with Gasteiger partial charge in [-0.25, -0.2) is 0 Å². The minimum Gasteiger partial charge on any atom is -0.497 e. The summed E-state index contributed by atoms with van der Waals surface area (Å²) in [7, 11) is 1.70. The van der Waals surface area contributed by atoms with Crippen LogP contribution in [-0.4, -0.2) is 26.4 Å². The molecule has 1 fully saturated rings. The van der Waals surface area contributed by atoms with E-state index in [1.807, 2.05) is 12.1 Å². The minimum absolute atomic E-state index is 0.297. The van der Waals surface area contributed by atoms with Crippen molar-refractivity contribution in [1.29, 1.82) is 0 Å². The summed E-state index contributed by atoms with van der Waals surface area (Å²) in [6.45, 7) is 4.11. The number of rotatable bonds is 6. The zero-order chi connectivity index (χ0) is 13.5. The molecule has 1 aliphatic heterocycles. The topological polar surface area (TPSA) is 30.5 Å². The predicted molar refractivity (Wildman–Crippen MR) is 77.6 cm³/mol. The average Bonchev–Trinajstić information content (AvgIpc) is 2.49. The first kappa shape index (κ1) is 14.4. The van der Waals surface area contributed by atoms with E-state index in [1.165, 1.54) is 18.4 Å². The molecule has 0 aliphatic carbocycles. The van der Waals surface area contributed by atoms with Crippen molar-refractivity contribution in [3.05, 3.63) is 29.8 Å². The summed E-state index contributed by atoms with van der Waals surface area (Å²) in [5, 5.41) is 3.63. The molecule has 1 N–H and O–H groups in total. The first-order valence-corrected chi connectivity index (χ1v) is 7.34. The molecule has 1 aromatic rings. The molecule has 19 heavy (non-hydrogen) atoms. The summed E-state index contributed by atoms with van der Waals surface area (Å²) in [6.07, 6.45) is 5.05. The SMILES string of the molecule is CCCNC(c1ccc(OC)cc1)C1CCCCO1. The first-order valence-electron chi connectivity index (χ1n) is 7.34. The molecule has 0 bridgehead atoms. The Kier molecular flexibility index (Phi) is 5.67.